The third kappa shape index (κ3) is 8.18. The van der Waals surface area contributed by atoms with Crippen molar-refractivity contribution in [1.29, 1.82) is 0 Å². The largest absolute Gasteiger partial charge is 0.296 e. The molecule has 0 unspecified atom stereocenters. The summed E-state index contributed by atoms with van der Waals surface area (Å²) < 4.78 is 0. The lowest BCUT2D eigenvalue weighted by atomic mass is 9.80. The van der Waals surface area contributed by atoms with E-state index >= 15 is 0 Å². The van der Waals surface area contributed by atoms with Gasteiger partial charge in [-0.25, -0.2) is 0 Å². The molecule has 0 N–H and O–H groups in total. The van der Waals surface area contributed by atoms with Crippen LogP contribution in [0.15, 0.2) is 35.4 Å². The molecule has 2 aromatic carbocycles. The number of nitrogens with zero attached hydrogens (tertiary/aromatic N) is 1. The molecule has 0 amide bonds. The molecule has 2 aliphatic rings. The number of rotatable bonds is 3. The summed E-state index contributed by atoms with van der Waals surface area (Å²) in [7, 11) is 0. The van der Waals surface area contributed by atoms with Gasteiger partial charge in [0.25, 0.3) is 0 Å². The third-order valence-electron chi connectivity index (χ3n) is 7.19. The van der Waals surface area contributed by atoms with Crippen LogP contribution in [0.5, 0.6) is 0 Å². The maximum absolute atomic E-state index is 4.36. The van der Waals surface area contributed by atoms with Crippen LogP contribution in [0, 0.1) is 6.42 Å². The highest BCUT2D eigenvalue weighted by Crippen LogP contribution is 2.33. The Balaban J connectivity index is 0.00000114. The SMILES string of the molecule is C/C=C\C.C=c1cc2c3c(c4c(c2cc1CC)[CH]C(C)=C(C)C=4)C[C@H](CC)N(CC)C3.CC.CC.CC. The van der Waals surface area contributed by atoms with Gasteiger partial charge in [0, 0.05) is 19.0 Å². The first kappa shape index (κ1) is 34.9. The van der Waals surface area contributed by atoms with Gasteiger partial charge in [0.05, 0.1) is 0 Å². The second-order valence-corrected chi connectivity index (χ2v) is 8.96. The molecule has 1 radical (unpaired) electrons. The second kappa shape index (κ2) is 18.2. The summed E-state index contributed by atoms with van der Waals surface area (Å²) in [4.78, 5) is 2.66. The normalized spacial score (nSPS) is 16.0. The fourth-order valence-electron chi connectivity index (χ4n) is 4.99. The van der Waals surface area contributed by atoms with E-state index in [1.165, 1.54) is 49.9 Å². The van der Waals surface area contributed by atoms with E-state index in [2.05, 4.69) is 70.7 Å². The van der Waals surface area contributed by atoms with Crippen molar-refractivity contribution < 1.29 is 0 Å². The zero-order valence-corrected chi connectivity index (χ0v) is 26.7. The molecule has 1 nitrogen and oxygen atoms in total. The Labute approximate surface area is 231 Å². The highest BCUT2D eigenvalue weighted by atomic mass is 15.2. The number of hydrogen-bond donors (Lipinski definition) is 0. The zero-order chi connectivity index (χ0) is 28.7. The van der Waals surface area contributed by atoms with Gasteiger partial charge in [-0.05, 0) is 103 Å². The Morgan fingerprint density at radius 1 is 0.865 bits per heavy atom. The Morgan fingerprint density at radius 3 is 1.95 bits per heavy atom. The van der Waals surface area contributed by atoms with E-state index in [-0.39, 0.29) is 0 Å². The molecule has 0 saturated carbocycles. The predicted octanol–water partition coefficient (Wildman–Crippen LogP) is 9.31. The number of allylic oxidation sites excluding steroid dienone is 4. The Kier molecular flexibility index (Phi) is 17.1. The van der Waals surface area contributed by atoms with Gasteiger partial charge in [-0.2, -0.15) is 0 Å². The average Bonchev–Trinajstić information content (AvgIpc) is 2.96. The topological polar surface area (TPSA) is 3.24 Å². The van der Waals surface area contributed by atoms with Crippen LogP contribution in [0.25, 0.3) is 23.4 Å². The highest BCUT2D eigenvalue weighted by Gasteiger charge is 2.28. The summed E-state index contributed by atoms with van der Waals surface area (Å²) in [5, 5.41) is 5.52. The molecule has 37 heavy (non-hydrogen) atoms. The van der Waals surface area contributed by atoms with Crippen molar-refractivity contribution in [3.05, 3.63) is 74.5 Å². The molecule has 1 heteroatoms. The van der Waals surface area contributed by atoms with Crippen LogP contribution >= 0.6 is 0 Å². The van der Waals surface area contributed by atoms with Gasteiger partial charge in [-0.15, -0.1) is 0 Å². The van der Waals surface area contributed by atoms with Gasteiger partial charge in [0.15, 0.2) is 0 Å². The van der Waals surface area contributed by atoms with E-state index in [9.17, 15) is 0 Å². The van der Waals surface area contributed by atoms with E-state index in [0.29, 0.717) is 6.04 Å². The minimum absolute atomic E-state index is 0.652. The van der Waals surface area contributed by atoms with E-state index < -0.39 is 0 Å². The summed E-state index contributed by atoms with van der Waals surface area (Å²) >= 11 is 0. The van der Waals surface area contributed by atoms with Crippen LogP contribution in [0.3, 0.4) is 0 Å². The van der Waals surface area contributed by atoms with Crippen molar-refractivity contribution in [3.63, 3.8) is 0 Å². The van der Waals surface area contributed by atoms with Gasteiger partial charge >= 0.3 is 0 Å². The third-order valence-corrected chi connectivity index (χ3v) is 7.19. The molecule has 0 saturated heterocycles. The molecule has 1 atom stereocenters. The molecule has 0 fully saturated rings. The molecule has 207 valence electrons. The quantitative estimate of drug-likeness (QED) is 0.376. The van der Waals surface area contributed by atoms with Crippen LogP contribution in [-0.2, 0) is 19.4 Å². The number of likely N-dealkylation sites (N-methyl/N-ethyl adjacent to an activating group) is 1. The first-order valence-corrected chi connectivity index (χ1v) is 15.0. The minimum atomic E-state index is 0.652. The number of benzene rings is 2. The lowest BCUT2D eigenvalue weighted by molar-refractivity contribution is 0.177. The van der Waals surface area contributed by atoms with Crippen LogP contribution in [0.4, 0.5) is 0 Å². The van der Waals surface area contributed by atoms with E-state index in [0.717, 1.165) is 25.9 Å². The van der Waals surface area contributed by atoms with Crippen molar-refractivity contribution in [2.75, 3.05) is 6.54 Å². The van der Waals surface area contributed by atoms with Crippen molar-refractivity contribution >= 4 is 23.4 Å². The molecule has 0 aromatic heterocycles. The van der Waals surface area contributed by atoms with Crippen LogP contribution in [-0.4, -0.2) is 17.5 Å². The number of hydrogen-bond acceptors (Lipinski definition) is 1. The fraction of sp³-hybridized carbons (Fsp3) is 0.528. The predicted molar refractivity (Wildman–Crippen MR) is 173 cm³/mol. The standard InChI is InChI=1S/C26H32N.C4H8.3C2H6/c1-7-19-13-24-21-10-16(4)17(5)11-22(21)25-14-20(8-2)27(9-3)15-26(25)23(24)12-18(19)6;1-3-4-2;3*1-2/h10-13,20H,6-9,14-15H2,1-5H3;3-4H,1-2H3;3*1-2H3/b;4-3-;;;/t20-;;;;/m0..../s1. The smallest absolute Gasteiger partial charge is 0.0245 e. The second-order valence-electron chi connectivity index (χ2n) is 8.96. The summed E-state index contributed by atoms with van der Waals surface area (Å²) in [5.74, 6) is 0. The van der Waals surface area contributed by atoms with E-state index in [1.54, 1.807) is 11.1 Å². The van der Waals surface area contributed by atoms with Crippen molar-refractivity contribution in [3.8, 4) is 0 Å². The zero-order valence-electron chi connectivity index (χ0n) is 26.7. The molecular formula is C36H58N. The van der Waals surface area contributed by atoms with Gasteiger partial charge in [-0.1, -0.05) is 104 Å². The summed E-state index contributed by atoms with van der Waals surface area (Å²) in [6, 6.07) is 5.43. The summed E-state index contributed by atoms with van der Waals surface area (Å²) in [5.41, 5.74) is 8.72. The maximum Gasteiger partial charge on any atom is 0.0245 e. The first-order chi connectivity index (χ1) is 17.9. The van der Waals surface area contributed by atoms with Gasteiger partial charge < -0.3 is 0 Å². The van der Waals surface area contributed by atoms with Crippen molar-refractivity contribution in [1.82, 2.24) is 4.90 Å². The highest BCUT2D eigenvalue weighted by molar-refractivity contribution is 5.93. The van der Waals surface area contributed by atoms with Crippen LogP contribution in [0.1, 0.15) is 119 Å². The fourth-order valence-corrected chi connectivity index (χ4v) is 4.99. The Morgan fingerprint density at radius 2 is 1.46 bits per heavy atom. The first-order valence-electron chi connectivity index (χ1n) is 15.0. The number of aryl methyl sites for hydroxylation is 1. The van der Waals surface area contributed by atoms with E-state index in [4.69, 9.17) is 0 Å². The van der Waals surface area contributed by atoms with Gasteiger partial charge in [0.1, 0.15) is 0 Å². The molecule has 0 bridgehead atoms. The van der Waals surface area contributed by atoms with Gasteiger partial charge in [-0.3, -0.25) is 4.90 Å². The minimum Gasteiger partial charge on any atom is -0.296 e. The molecule has 4 rings (SSSR count). The lowest BCUT2D eigenvalue weighted by Crippen LogP contribution is -2.42. The molecular weight excluding hydrogens is 446 g/mol. The Bertz CT molecular complexity index is 1130. The molecule has 2 aromatic rings. The van der Waals surface area contributed by atoms with Gasteiger partial charge in [0.2, 0.25) is 0 Å². The summed E-state index contributed by atoms with van der Waals surface area (Å²) in [6.07, 6.45) is 12.3. The van der Waals surface area contributed by atoms with Crippen LogP contribution < -0.4 is 10.4 Å². The Hall–Kier alpha value is -2.12. The number of fused-ring (bicyclic) bond motifs is 6. The average molecular weight is 505 g/mol. The van der Waals surface area contributed by atoms with Crippen molar-refractivity contribution in [2.24, 2.45) is 0 Å². The van der Waals surface area contributed by atoms with E-state index in [1.807, 2.05) is 67.5 Å². The molecule has 0 spiro atoms. The summed E-state index contributed by atoms with van der Waals surface area (Å²) in [6.45, 7) is 33.9. The lowest BCUT2D eigenvalue weighted by Gasteiger charge is -2.37. The molecule has 1 heterocycles. The maximum atomic E-state index is 4.36. The monoisotopic (exact) mass is 504 g/mol. The molecule has 1 aliphatic carbocycles. The van der Waals surface area contributed by atoms with Crippen molar-refractivity contribution in [2.45, 2.75) is 122 Å². The van der Waals surface area contributed by atoms with Crippen LogP contribution in [0.2, 0.25) is 0 Å². The molecule has 1 aliphatic heterocycles.